The largest absolute Gasteiger partial charge is 0.383 e. The molecule has 33 heavy (non-hydrogen) atoms. The highest BCUT2D eigenvalue weighted by atomic mass is 32.2. The number of amides is 2. The number of anilines is 3. The van der Waals surface area contributed by atoms with Crippen molar-refractivity contribution < 1.29 is 26.9 Å². The molecule has 2 amide bonds. The average molecular weight is 477 g/mol. The van der Waals surface area contributed by atoms with Gasteiger partial charge in [-0.15, -0.1) is 0 Å². The number of nitrogens with one attached hydrogen (secondary N) is 2. The zero-order valence-corrected chi connectivity index (χ0v) is 18.7. The van der Waals surface area contributed by atoms with Crippen LogP contribution in [0.4, 0.5) is 17.5 Å². The van der Waals surface area contributed by atoms with E-state index in [1.54, 1.807) is 11.0 Å². The maximum atomic E-state index is 13.0. The monoisotopic (exact) mass is 476 g/mol. The number of ether oxygens (including phenoxy) is 1. The van der Waals surface area contributed by atoms with Crippen LogP contribution < -0.4 is 20.6 Å². The predicted octanol–water partition coefficient (Wildman–Crippen LogP) is 0.704. The van der Waals surface area contributed by atoms with Gasteiger partial charge in [0.1, 0.15) is 11.6 Å². The minimum Gasteiger partial charge on any atom is -0.383 e. The van der Waals surface area contributed by atoms with Crippen LogP contribution >= 0.6 is 0 Å². The van der Waals surface area contributed by atoms with Crippen LogP contribution in [0.3, 0.4) is 0 Å². The van der Waals surface area contributed by atoms with E-state index < -0.39 is 16.0 Å². The number of rotatable bonds is 8. The molecular formula is C20H24N6O6S. The number of hydrogen-bond donors (Lipinski definition) is 3. The van der Waals surface area contributed by atoms with Crippen LogP contribution in [0.5, 0.6) is 5.75 Å². The topological polar surface area (TPSA) is 166 Å². The molecule has 0 bridgehead atoms. The molecule has 1 saturated heterocycles. The molecule has 1 aromatic carbocycles. The van der Waals surface area contributed by atoms with E-state index in [1.165, 1.54) is 18.3 Å². The molecule has 0 atom stereocenters. The number of nitrogens with two attached hydrogens (primary N) is 1. The van der Waals surface area contributed by atoms with Gasteiger partial charge < -0.3 is 30.2 Å². The number of primary amides is 1. The quantitative estimate of drug-likeness (QED) is 0.462. The molecule has 176 valence electrons. The van der Waals surface area contributed by atoms with Gasteiger partial charge in [0.15, 0.2) is 0 Å². The number of benzene rings is 1. The Balaban J connectivity index is 1.65. The van der Waals surface area contributed by atoms with E-state index in [0.29, 0.717) is 37.8 Å². The second-order valence-electron chi connectivity index (χ2n) is 7.80. The third-order valence-corrected chi connectivity index (χ3v) is 5.42. The SMILES string of the molecule is CS(=O)(=O)Oc1cc(Nc2ncc(C(N)=O)c(NC3CC3)n2)cc(C(=O)N2CCOCC2)c1. The molecule has 2 aliphatic rings. The van der Waals surface area contributed by atoms with Crippen LogP contribution in [0.2, 0.25) is 0 Å². The van der Waals surface area contributed by atoms with Gasteiger partial charge in [-0.05, 0) is 25.0 Å². The fraction of sp³-hybridized carbons (Fsp3) is 0.400. The van der Waals surface area contributed by atoms with Crippen LogP contribution in [0.1, 0.15) is 33.6 Å². The van der Waals surface area contributed by atoms with Gasteiger partial charge in [-0.3, -0.25) is 9.59 Å². The summed E-state index contributed by atoms with van der Waals surface area (Å²) in [5.74, 6) is -0.558. The van der Waals surface area contributed by atoms with Gasteiger partial charge in [-0.2, -0.15) is 13.4 Å². The summed E-state index contributed by atoms with van der Waals surface area (Å²) in [5.41, 5.74) is 6.13. The van der Waals surface area contributed by atoms with Crippen molar-refractivity contribution in [3.63, 3.8) is 0 Å². The van der Waals surface area contributed by atoms with E-state index in [-0.39, 0.29) is 34.8 Å². The van der Waals surface area contributed by atoms with Crippen molar-refractivity contribution in [3.05, 3.63) is 35.5 Å². The first kappa shape index (κ1) is 22.7. The molecule has 13 heteroatoms. The molecule has 0 radical (unpaired) electrons. The summed E-state index contributed by atoms with van der Waals surface area (Å²) in [5, 5.41) is 6.08. The fourth-order valence-electron chi connectivity index (χ4n) is 3.25. The Morgan fingerprint density at radius 2 is 1.94 bits per heavy atom. The maximum Gasteiger partial charge on any atom is 0.306 e. The summed E-state index contributed by atoms with van der Waals surface area (Å²) in [4.78, 5) is 34.7. The molecule has 1 aromatic heterocycles. The van der Waals surface area contributed by atoms with Gasteiger partial charge in [-0.25, -0.2) is 4.98 Å². The number of hydrogen-bond acceptors (Lipinski definition) is 10. The van der Waals surface area contributed by atoms with E-state index in [1.807, 2.05) is 0 Å². The third kappa shape index (κ3) is 6.08. The second kappa shape index (κ2) is 9.19. The maximum absolute atomic E-state index is 13.0. The Morgan fingerprint density at radius 1 is 1.21 bits per heavy atom. The van der Waals surface area contributed by atoms with Crippen LogP contribution in [-0.4, -0.2) is 73.7 Å². The first-order valence-corrected chi connectivity index (χ1v) is 12.1. The molecule has 2 heterocycles. The number of nitrogens with zero attached hydrogens (tertiary/aromatic N) is 3. The van der Waals surface area contributed by atoms with E-state index in [2.05, 4.69) is 20.6 Å². The van der Waals surface area contributed by atoms with E-state index in [9.17, 15) is 18.0 Å². The third-order valence-electron chi connectivity index (χ3n) is 4.93. The number of carbonyl (C=O) groups is 2. The zero-order valence-electron chi connectivity index (χ0n) is 17.9. The van der Waals surface area contributed by atoms with Crippen molar-refractivity contribution >= 4 is 39.4 Å². The summed E-state index contributed by atoms with van der Waals surface area (Å²) in [7, 11) is -3.83. The Morgan fingerprint density at radius 3 is 2.58 bits per heavy atom. The van der Waals surface area contributed by atoms with Crippen molar-refractivity contribution in [2.24, 2.45) is 5.73 Å². The first-order chi connectivity index (χ1) is 15.7. The van der Waals surface area contributed by atoms with Gasteiger partial charge >= 0.3 is 10.1 Å². The average Bonchev–Trinajstić information content (AvgIpc) is 3.56. The zero-order chi connectivity index (χ0) is 23.6. The normalized spacial score (nSPS) is 16.2. The van der Waals surface area contributed by atoms with Gasteiger partial charge in [0, 0.05) is 42.6 Å². The summed E-state index contributed by atoms with van der Waals surface area (Å²) < 4.78 is 33.7. The van der Waals surface area contributed by atoms with Crippen molar-refractivity contribution in [1.82, 2.24) is 14.9 Å². The smallest absolute Gasteiger partial charge is 0.306 e. The minimum absolute atomic E-state index is 0.0378. The van der Waals surface area contributed by atoms with Crippen molar-refractivity contribution in [1.29, 1.82) is 0 Å². The standard InChI is InChI=1S/C20H24N6O6S/c1-33(29,30)32-15-9-12(19(28)26-4-6-31-7-5-26)8-14(10-15)24-20-22-11-16(17(21)27)18(25-20)23-13-2-3-13/h8-11,13H,2-7H2,1H3,(H2,21,27)(H2,22,23,24,25). The van der Waals surface area contributed by atoms with Crippen molar-refractivity contribution in [2.75, 3.05) is 43.2 Å². The Labute approximate surface area is 190 Å². The van der Waals surface area contributed by atoms with Crippen LogP contribution in [0.25, 0.3) is 0 Å². The lowest BCUT2D eigenvalue weighted by Gasteiger charge is -2.27. The van der Waals surface area contributed by atoms with Gasteiger partial charge in [0.25, 0.3) is 11.8 Å². The molecule has 4 N–H and O–H groups in total. The fourth-order valence-corrected chi connectivity index (χ4v) is 3.69. The Bertz CT molecular complexity index is 1180. The minimum atomic E-state index is -3.83. The summed E-state index contributed by atoms with van der Waals surface area (Å²) >= 11 is 0. The number of morpholine rings is 1. The van der Waals surface area contributed by atoms with Crippen molar-refractivity contribution in [3.8, 4) is 5.75 Å². The lowest BCUT2D eigenvalue weighted by atomic mass is 10.1. The highest BCUT2D eigenvalue weighted by Crippen LogP contribution is 2.28. The molecule has 0 unspecified atom stereocenters. The molecule has 1 aliphatic carbocycles. The molecule has 1 saturated carbocycles. The van der Waals surface area contributed by atoms with Gasteiger partial charge in [-0.1, -0.05) is 0 Å². The lowest BCUT2D eigenvalue weighted by Crippen LogP contribution is -2.40. The summed E-state index contributed by atoms with van der Waals surface area (Å²) in [6.07, 6.45) is 4.14. The lowest BCUT2D eigenvalue weighted by molar-refractivity contribution is 0.0303. The second-order valence-corrected chi connectivity index (χ2v) is 9.38. The molecule has 12 nitrogen and oxygen atoms in total. The van der Waals surface area contributed by atoms with Gasteiger partial charge in [0.05, 0.1) is 25.0 Å². The van der Waals surface area contributed by atoms with Crippen LogP contribution in [0.15, 0.2) is 24.4 Å². The van der Waals surface area contributed by atoms with E-state index in [4.69, 9.17) is 14.7 Å². The molecular weight excluding hydrogens is 452 g/mol. The Hall–Kier alpha value is -3.45. The molecule has 1 aliphatic heterocycles. The highest BCUT2D eigenvalue weighted by molar-refractivity contribution is 7.86. The molecule has 2 fully saturated rings. The summed E-state index contributed by atoms with van der Waals surface area (Å²) in [6, 6.07) is 4.54. The predicted molar refractivity (Wildman–Crippen MR) is 119 cm³/mol. The van der Waals surface area contributed by atoms with Crippen LogP contribution in [-0.2, 0) is 14.9 Å². The molecule has 0 spiro atoms. The Kier molecular flexibility index (Phi) is 6.33. The van der Waals surface area contributed by atoms with Gasteiger partial charge in [0.2, 0.25) is 5.95 Å². The number of aromatic nitrogens is 2. The summed E-state index contributed by atoms with van der Waals surface area (Å²) in [6.45, 7) is 1.69. The molecule has 2 aromatic rings. The molecule has 4 rings (SSSR count). The van der Waals surface area contributed by atoms with E-state index >= 15 is 0 Å². The van der Waals surface area contributed by atoms with E-state index in [0.717, 1.165) is 19.1 Å². The first-order valence-electron chi connectivity index (χ1n) is 10.3. The van der Waals surface area contributed by atoms with Crippen LogP contribution in [0, 0.1) is 0 Å². The van der Waals surface area contributed by atoms with Crippen molar-refractivity contribution in [2.45, 2.75) is 18.9 Å². The number of carbonyl (C=O) groups excluding carboxylic acids is 2. The highest BCUT2D eigenvalue weighted by Gasteiger charge is 2.25.